The zero-order valence-corrected chi connectivity index (χ0v) is 14.8. The van der Waals surface area contributed by atoms with Crippen LogP contribution in [-0.2, 0) is 16.0 Å². The average Bonchev–Trinajstić information content (AvgIpc) is 3.19. The fourth-order valence-electron chi connectivity index (χ4n) is 2.93. The van der Waals surface area contributed by atoms with Crippen molar-refractivity contribution in [3.05, 3.63) is 48.3 Å². The number of rotatable bonds is 6. The minimum absolute atomic E-state index is 0.0448. The fraction of sp³-hybridized carbons (Fsp3) is 0.368. The summed E-state index contributed by atoms with van der Waals surface area (Å²) in [5, 5.41) is 0. The maximum absolute atomic E-state index is 12.4. The third-order valence-electron chi connectivity index (χ3n) is 4.41. The summed E-state index contributed by atoms with van der Waals surface area (Å²) in [7, 11) is 1.56. The summed E-state index contributed by atoms with van der Waals surface area (Å²) in [5.41, 5.74) is 0.902. The van der Waals surface area contributed by atoms with E-state index in [4.69, 9.17) is 9.47 Å². The summed E-state index contributed by atoms with van der Waals surface area (Å²) < 4.78 is 10.8. The molecule has 0 radical (unpaired) electrons. The van der Waals surface area contributed by atoms with Crippen molar-refractivity contribution in [3.63, 3.8) is 0 Å². The summed E-state index contributed by atoms with van der Waals surface area (Å²) in [6.45, 7) is 2.08. The Morgan fingerprint density at radius 2 is 1.62 bits per heavy atom. The van der Waals surface area contributed by atoms with Gasteiger partial charge >= 0.3 is 0 Å². The SMILES string of the molecule is COc1ccccc1OCC(=O)N1CCN(C(=O)Cc2ccc[nH]2)CC1. The number of nitrogens with zero attached hydrogens (tertiary/aromatic N) is 2. The fourth-order valence-corrected chi connectivity index (χ4v) is 2.93. The van der Waals surface area contributed by atoms with Gasteiger partial charge in [0.15, 0.2) is 18.1 Å². The summed E-state index contributed by atoms with van der Waals surface area (Å²) in [5.74, 6) is 1.13. The van der Waals surface area contributed by atoms with Crippen molar-refractivity contribution in [2.75, 3.05) is 39.9 Å². The van der Waals surface area contributed by atoms with Crippen LogP contribution in [0.3, 0.4) is 0 Å². The summed E-state index contributed by atoms with van der Waals surface area (Å²) in [6, 6.07) is 11.0. The lowest BCUT2D eigenvalue weighted by atomic mass is 10.2. The van der Waals surface area contributed by atoms with E-state index in [-0.39, 0.29) is 18.4 Å². The van der Waals surface area contributed by atoms with Gasteiger partial charge in [-0.05, 0) is 24.3 Å². The van der Waals surface area contributed by atoms with Crippen molar-refractivity contribution in [3.8, 4) is 11.5 Å². The smallest absolute Gasteiger partial charge is 0.260 e. The second kappa shape index (κ2) is 8.42. The molecule has 1 saturated heterocycles. The highest BCUT2D eigenvalue weighted by Gasteiger charge is 2.24. The van der Waals surface area contributed by atoms with E-state index < -0.39 is 0 Å². The van der Waals surface area contributed by atoms with Gasteiger partial charge in [0.2, 0.25) is 5.91 Å². The van der Waals surface area contributed by atoms with Crippen LogP contribution >= 0.6 is 0 Å². The molecule has 2 heterocycles. The van der Waals surface area contributed by atoms with E-state index in [9.17, 15) is 9.59 Å². The quantitative estimate of drug-likeness (QED) is 0.846. The van der Waals surface area contributed by atoms with Crippen LogP contribution in [0.25, 0.3) is 0 Å². The van der Waals surface area contributed by atoms with Crippen molar-refractivity contribution in [2.45, 2.75) is 6.42 Å². The van der Waals surface area contributed by atoms with E-state index in [2.05, 4.69) is 4.98 Å². The Balaban J connectivity index is 1.45. The van der Waals surface area contributed by atoms with E-state index in [1.54, 1.807) is 35.2 Å². The van der Waals surface area contributed by atoms with Crippen molar-refractivity contribution >= 4 is 11.8 Å². The number of H-pyrrole nitrogens is 1. The van der Waals surface area contributed by atoms with Crippen LogP contribution in [-0.4, -0.2) is 66.5 Å². The summed E-state index contributed by atoms with van der Waals surface area (Å²) in [4.78, 5) is 31.2. The highest BCUT2D eigenvalue weighted by Crippen LogP contribution is 2.25. The van der Waals surface area contributed by atoms with E-state index >= 15 is 0 Å². The molecule has 0 saturated carbocycles. The number of hydrogen-bond donors (Lipinski definition) is 1. The van der Waals surface area contributed by atoms with Crippen LogP contribution in [0.4, 0.5) is 0 Å². The molecule has 0 atom stereocenters. The standard InChI is InChI=1S/C19H23N3O4/c1-25-16-6-2-3-7-17(16)26-14-19(24)22-11-9-21(10-12-22)18(23)13-15-5-4-8-20-15/h2-8,20H,9-14H2,1H3. The number of amides is 2. The highest BCUT2D eigenvalue weighted by molar-refractivity contribution is 5.80. The molecule has 0 bridgehead atoms. The predicted octanol–water partition coefficient (Wildman–Crippen LogP) is 1.32. The average molecular weight is 357 g/mol. The molecule has 1 aliphatic rings. The molecule has 1 aliphatic heterocycles. The van der Waals surface area contributed by atoms with Gasteiger partial charge in [-0.3, -0.25) is 9.59 Å². The molecule has 0 unspecified atom stereocenters. The number of hydrogen-bond acceptors (Lipinski definition) is 4. The first kappa shape index (κ1) is 17.8. The molecule has 26 heavy (non-hydrogen) atoms. The van der Waals surface area contributed by atoms with E-state index in [0.29, 0.717) is 44.1 Å². The Morgan fingerprint density at radius 1 is 0.962 bits per heavy atom. The Hall–Kier alpha value is -2.96. The number of aromatic amines is 1. The first-order valence-electron chi connectivity index (χ1n) is 8.61. The van der Waals surface area contributed by atoms with Gasteiger partial charge in [0.05, 0.1) is 13.5 Å². The zero-order valence-electron chi connectivity index (χ0n) is 14.8. The van der Waals surface area contributed by atoms with Crippen molar-refractivity contribution in [1.82, 2.24) is 14.8 Å². The van der Waals surface area contributed by atoms with Gasteiger partial charge in [-0.2, -0.15) is 0 Å². The first-order valence-corrected chi connectivity index (χ1v) is 8.61. The van der Waals surface area contributed by atoms with Crippen LogP contribution in [0.1, 0.15) is 5.69 Å². The second-order valence-electron chi connectivity index (χ2n) is 6.07. The molecule has 1 N–H and O–H groups in total. The van der Waals surface area contributed by atoms with E-state index in [1.165, 1.54) is 0 Å². The van der Waals surface area contributed by atoms with Crippen LogP contribution in [0, 0.1) is 0 Å². The number of ether oxygens (including phenoxy) is 2. The lowest BCUT2D eigenvalue weighted by molar-refractivity contribution is -0.140. The lowest BCUT2D eigenvalue weighted by Crippen LogP contribution is -2.52. The zero-order chi connectivity index (χ0) is 18.4. The molecule has 2 amide bonds. The topological polar surface area (TPSA) is 74.9 Å². The molecule has 7 nitrogen and oxygen atoms in total. The normalized spacial score (nSPS) is 14.2. The van der Waals surface area contributed by atoms with E-state index in [1.807, 2.05) is 24.3 Å². The molecular weight excluding hydrogens is 334 g/mol. The lowest BCUT2D eigenvalue weighted by Gasteiger charge is -2.34. The highest BCUT2D eigenvalue weighted by atomic mass is 16.5. The van der Waals surface area contributed by atoms with Gasteiger partial charge in [0.25, 0.3) is 5.91 Å². The molecule has 138 valence electrons. The van der Waals surface area contributed by atoms with Gasteiger partial charge in [-0.25, -0.2) is 0 Å². The molecule has 1 fully saturated rings. The predicted molar refractivity (Wildman–Crippen MR) is 96.1 cm³/mol. The third kappa shape index (κ3) is 4.36. The molecule has 3 rings (SSSR count). The Labute approximate surface area is 152 Å². The molecule has 0 spiro atoms. The second-order valence-corrected chi connectivity index (χ2v) is 6.07. The number of benzene rings is 1. The monoisotopic (exact) mass is 357 g/mol. The van der Waals surface area contributed by atoms with Gasteiger partial charge < -0.3 is 24.3 Å². The number of methoxy groups -OCH3 is 1. The number of para-hydroxylation sites is 2. The van der Waals surface area contributed by atoms with Crippen LogP contribution in [0.5, 0.6) is 11.5 Å². The van der Waals surface area contributed by atoms with Crippen molar-refractivity contribution in [1.29, 1.82) is 0 Å². The Morgan fingerprint density at radius 3 is 2.23 bits per heavy atom. The van der Waals surface area contributed by atoms with Gasteiger partial charge in [-0.15, -0.1) is 0 Å². The number of nitrogens with one attached hydrogen (secondary N) is 1. The summed E-state index contributed by atoms with van der Waals surface area (Å²) >= 11 is 0. The maximum Gasteiger partial charge on any atom is 0.260 e. The molecule has 2 aromatic rings. The number of piperazine rings is 1. The van der Waals surface area contributed by atoms with Crippen LogP contribution in [0.15, 0.2) is 42.6 Å². The molecule has 1 aromatic heterocycles. The third-order valence-corrected chi connectivity index (χ3v) is 4.41. The number of aromatic nitrogens is 1. The van der Waals surface area contributed by atoms with Gasteiger partial charge in [0.1, 0.15) is 0 Å². The minimum Gasteiger partial charge on any atom is -0.493 e. The van der Waals surface area contributed by atoms with Gasteiger partial charge in [0, 0.05) is 38.1 Å². The van der Waals surface area contributed by atoms with Gasteiger partial charge in [-0.1, -0.05) is 12.1 Å². The molecule has 0 aliphatic carbocycles. The van der Waals surface area contributed by atoms with Crippen LogP contribution < -0.4 is 9.47 Å². The number of carbonyl (C=O) groups is 2. The van der Waals surface area contributed by atoms with Crippen molar-refractivity contribution < 1.29 is 19.1 Å². The summed E-state index contributed by atoms with van der Waals surface area (Å²) in [6.07, 6.45) is 2.17. The van der Waals surface area contributed by atoms with E-state index in [0.717, 1.165) is 5.69 Å². The number of carbonyl (C=O) groups excluding carboxylic acids is 2. The Kier molecular flexibility index (Phi) is 5.78. The van der Waals surface area contributed by atoms with Crippen LogP contribution in [0.2, 0.25) is 0 Å². The molecule has 1 aromatic carbocycles. The first-order chi connectivity index (χ1) is 12.7. The molecule has 7 heteroatoms. The largest absolute Gasteiger partial charge is 0.493 e. The maximum atomic E-state index is 12.4. The molecular formula is C19H23N3O4. The Bertz CT molecular complexity index is 737. The minimum atomic E-state index is -0.0904. The van der Waals surface area contributed by atoms with Crippen molar-refractivity contribution in [2.24, 2.45) is 0 Å².